The number of benzene rings is 3. The number of ether oxygens (including phenoxy) is 4. The van der Waals surface area contributed by atoms with Crippen LogP contribution in [0.2, 0.25) is 0 Å². The highest BCUT2D eigenvalue weighted by molar-refractivity contribution is 5.81. The van der Waals surface area contributed by atoms with Gasteiger partial charge in [0.15, 0.2) is 17.8 Å². The number of anilines is 1. The van der Waals surface area contributed by atoms with E-state index in [2.05, 4.69) is 15.0 Å². The van der Waals surface area contributed by atoms with Gasteiger partial charge in [0.25, 0.3) is 0 Å². The van der Waals surface area contributed by atoms with Crippen molar-refractivity contribution in [1.82, 2.24) is 19.5 Å². The molecule has 0 bridgehead atoms. The number of imidazole rings is 1. The molecule has 0 radical (unpaired) electrons. The number of hydrogen-bond acceptors (Lipinski definition) is 8. The number of rotatable bonds is 11. The normalized spacial score (nSPS) is 20.7. The van der Waals surface area contributed by atoms with E-state index in [-0.39, 0.29) is 0 Å². The fourth-order valence-electron chi connectivity index (χ4n) is 4.86. The summed E-state index contributed by atoms with van der Waals surface area (Å²) in [5, 5.41) is 0. The topological polar surface area (TPSA) is 107 Å². The molecular formula is C31H31N5O4. The quantitative estimate of drug-likeness (QED) is 0.262. The third-order valence-electron chi connectivity index (χ3n) is 6.90. The second-order valence-electron chi connectivity index (χ2n) is 9.69. The molecule has 1 fully saturated rings. The highest BCUT2D eigenvalue weighted by Crippen LogP contribution is 2.31. The van der Waals surface area contributed by atoms with Gasteiger partial charge in [-0.1, -0.05) is 91.0 Å². The van der Waals surface area contributed by atoms with Gasteiger partial charge in [-0.15, -0.1) is 0 Å². The lowest BCUT2D eigenvalue weighted by molar-refractivity contribution is -0.187. The first-order chi connectivity index (χ1) is 19.7. The summed E-state index contributed by atoms with van der Waals surface area (Å²) in [6.07, 6.45) is 1.17. The summed E-state index contributed by atoms with van der Waals surface area (Å²) in [5.74, 6) is 0.334. The molecule has 9 heteroatoms. The van der Waals surface area contributed by atoms with E-state index in [0.29, 0.717) is 43.3 Å². The Morgan fingerprint density at radius 3 is 1.82 bits per heavy atom. The van der Waals surface area contributed by atoms with Crippen molar-refractivity contribution in [3.05, 3.63) is 120 Å². The highest BCUT2D eigenvalue weighted by atomic mass is 16.7. The van der Waals surface area contributed by atoms with Crippen molar-refractivity contribution in [2.45, 2.75) is 51.0 Å². The van der Waals surface area contributed by atoms with E-state index in [1.165, 1.54) is 6.33 Å². The Morgan fingerprint density at radius 2 is 1.23 bits per heavy atom. The van der Waals surface area contributed by atoms with Gasteiger partial charge in [-0.25, -0.2) is 15.0 Å². The summed E-state index contributed by atoms with van der Waals surface area (Å²) in [6, 6.07) is 30.1. The Bertz CT molecular complexity index is 1500. The predicted molar refractivity (Wildman–Crippen MR) is 150 cm³/mol. The molecule has 4 atom stereocenters. The van der Waals surface area contributed by atoms with Crippen molar-refractivity contribution in [1.29, 1.82) is 0 Å². The molecule has 3 aromatic carbocycles. The molecule has 0 saturated carbocycles. The molecule has 0 unspecified atom stereocenters. The number of nitrogens with two attached hydrogens (primary N) is 1. The van der Waals surface area contributed by atoms with E-state index in [1.807, 2.05) is 95.6 Å². The Balaban J connectivity index is 1.28. The molecule has 2 N–H and O–H groups in total. The summed E-state index contributed by atoms with van der Waals surface area (Å²) in [4.78, 5) is 12.9. The van der Waals surface area contributed by atoms with Gasteiger partial charge in [0.05, 0.1) is 32.7 Å². The molecular weight excluding hydrogens is 506 g/mol. The van der Waals surface area contributed by atoms with Crippen molar-refractivity contribution in [2.75, 3.05) is 5.73 Å². The second-order valence-corrected chi connectivity index (χ2v) is 9.69. The fourth-order valence-corrected chi connectivity index (χ4v) is 4.86. The third kappa shape index (κ3) is 6.03. The monoisotopic (exact) mass is 537 g/mol. The lowest BCUT2D eigenvalue weighted by Crippen LogP contribution is -2.39. The molecule has 40 heavy (non-hydrogen) atoms. The average molecular weight is 538 g/mol. The van der Waals surface area contributed by atoms with Crippen LogP contribution in [-0.2, 0) is 45.3 Å². The highest BCUT2D eigenvalue weighted by Gasteiger charge is 2.47. The Labute approximate surface area is 232 Å². The van der Waals surface area contributed by atoms with Crippen LogP contribution in [0.4, 0.5) is 5.82 Å². The van der Waals surface area contributed by atoms with Gasteiger partial charge in [0.2, 0.25) is 0 Å². The average Bonchev–Trinajstić information content (AvgIpc) is 3.57. The summed E-state index contributed by atoms with van der Waals surface area (Å²) in [6.45, 7) is 1.60. The molecule has 1 aliphatic heterocycles. The van der Waals surface area contributed by atoms with Crippen molar-refractivity contribution in [3.8, 4) is 0 Å². The maximum Gasteiger partial charge on any atom is 0.187 e. The zero-order valence-electron chi connectivity index (χ0n) is 22.0. The molecule has 2 aromatic heterocycles. The Hall–Kier alpha value is -4.15. The van der Waals surface area contributed by atoms with Gasteiger partial charge in [0, 0.05) is 0 Å². The number of aromatic nitrogens is 4. The largest absolute Gasteiger partial charge is 0.382 e. The molecule has 5 aromatic rings. The van der Waals surface area contributed by atoms with Gasteiger partial charge in [-0.3, -0.25) is 0 Å². The molecule has 0 spiro atoms. The Kier molecular flexibility index (Phi) is 8.06. The van der Waals surface area contributed by atoms with Crippen LogP contribution in [0.25, 0.3) is 11.2 Å². The van der Waals surface area contributed by atoms with Crippen molar-refractivity contribution < 1.29 is 18.9 Å². The first-order valence-corrected chi connectivity index (χ1v) is 13.3. The van der Waals surface area contributed by atoms with Crippen LogP contribution in [0.15, 0.2) is 104 Å². The van der Waals surface area contributed by atoms with E-state index in [1.54, 1.807) is 6.33 Å². The minimum absolute atomic E-state index is 0.334. The molecule has 0 aliphatic carbocycles. The summed E-state index contributed by atoms with van der Waals surface area (Å²) in [5.41, 5.74) is 10.4. The van der Waals surface area contributed by atoms with Crippen molar-refractivity contribution in [2.24, 2.45) is 0 Å². The number of hydrogen-bond donors (Lipinski definition) is 1. The van der Waals surface area contributed by atoms with Crippen LogP contribution in [0.3, 0.4) is 0 Å². The zero-order valence-corrected chi connectivity index (χ0v) is 22.0. The van der Waals surface area contributed by atoms with Crippen molar-refractivity contribution in [3.63, 3.8) is 0 Å². The first kappa shape index (κ1) is 26.1. The van der Waals surface area contributed by atoms with Gasteiger partial charge < -0.3 is 29.2 Å². The van der Waals surface area contributed by atoms with Gasteiger partial charge in [0.1, 0.15) is 30.2 Å². The van der Waals surface area contributed by atoms with E-state index >= 15 is 0 Å². The number of nitrogens with zero attached hydrogens (tertiary/aromatic N) is 4. The molecule has 9 nitrogen and oxygen atoms in total. The summed E-state index contributed by atoms with van der Waals surface area (Å²) < 4.78 is 27.8. The molecule has 6 rings (SSSR count). The molecule has 3 heterocycles. The van der Waals surface area contributed by atoms with Crippen LogP contribution >= 0.6 is 0 Å². The van der Waals surface area contributed by atoms with E-state index in [9.17, 15) is 0 Å². The minimum atomic E-state index is -0.649. The maximum absolute atomic E-state index is 6.55. The first-order valence-electron chi connectivity index (χ1n) is 13.3. The van der Waals surface area contributed by atoms with E-state index < -0.39 is 24.6 Å². The van der Waals surface area contributed by atoms with Crippen LogP contribution in [0.5, 0.6) is 0 Å². The number of nitrogen functional groups attached to an aromatic ring is 1. The lowest BCUT2D eigenvalue weighted by Gasteiger charge is -2.25. The second kappa shape index (κ2) is 12.4. The zero-order chi connectivity index (χ0) is 27.1. The van der Waals surface area contributed by atoms with Gasteiger partial charge in [-0.2, -0.15) is 0 Å². The molecule has 1 aliphatic rings. The SMILES string of the molecule is Nc1ncnc2c1ncn2C[C@@H]1O[C@H](OCc2ccccc2)[C@H](OCc2ccccc2)[C@H]1OCc1ccccc1. The molecule has 204 valence electrons. The maximum atomic E-state index is 6.55. The summed E-state index contributed by atoms with van der Waals surface area (Å²) >= 11 is 0. The number of fused-ring (bicyclic) bond motifs is 1. The van der Waals surface area contributed by atoms with E-state index in [0.717, 1.165) is 16.7 Å². The smallest absolute Gasteiger partial charge is 0.187 e. The Morgan fingerprint density at radius 1 is 0.675 bits per heavy atom. The molecule has 1 saturated heterocycles. The third-order valence-corrected chi connectivity index (χ3v) is 6.90. The predicted octanol–water partition coefficient (Wildman–Crippen LogP) is 4.52. The molecule has 0 amide bonds. The van der Waals surface area contributed by atoms with Gasteiger partial charge >= 0.3 is 0 Å². The van der Waals surface area contributed by atoms with Crippen LogP contribution in [0.1, 0.15) is 16.7 Å². The van der Waals surface area contributed by atoms with Crippen molar-refractivity contribution >= 4 is 17.0 Å². The van der Waals surface area contributed by atoms with Gasteiger partial charge in [-0.05, 0) is 16.7 Å². The van der Waals surface area contributed by atoms with Crippen LogP contribution in [0, 0.1) is 0 Å². The van der Waals surface area contributed by atoms with Crippen LogP contribution < -0.4 is 5.73 Å². The fraction of sp³-hybridized carbons (Fsp3) is 0.258. The lowest BCUT2D eigenvalue weighted by atomic mass is 10.1. The summed E-state index contributed by atoms with van der Waals surface area (Å²) in [7, 11) is 0. The van der Waals surface area contributed by atoms with E-state index in [4.69, 9.17) is 24.7 Å². The minimum Gasteiger partial charge on any atom is -0.382 e. The standard InChI is InChI=1S/C31H31N5O4/c32-29-26-30(34-20-33-29)36(21-35-26)16-25-27(37-17-22-10-4-1-5-11-22)28(38-18-23-12-6-2-7-13-23)31(40-25)39-19-24-14-8-3-9-15-24/h1-15,20-21,25,27-28,31H,16-19H2,(H2,32,33,34)/t25-,27-,28+,31-/m0/s1. The van der Waals surface area contributed by atoms with Crippen LogP contribution in [-0.4, -0.2) is 44.1 Å².